The summed E-state index contributed by atoms with van der Waals surface area (Å²) >= 11 is 0. The maximum absolute atomic E-state index is 12.9. The van der Waals surface area contributed by atoms with Gasteiger partial charge in [0.25, 0.3) is 10.0 Å². The second kappa shape index (κ2) is 5.92. The van der Waals surface area contributed by atoms with E-state index in [1.54, 1.807) is 48.8 Å². The molecular formula is C17H18N4O2S. The van der Waals surface area contributed by atoms with E-state index in [4.69, 9.17) is 0 Å². The number of rotatable bonds is 3. The molecule has 1 saturated heterocycles. The van der Waals surface area contributed by atoms with Gasteiger partial charge >= 0.3 is 0 Å². The van der Waals surface area contributed by atoms with Crippen LogP contribution < -0.4 is 10.2 Å². The van der Waals surface area contributed by atoms with E-state index in [2.05, 4.69) is 15.2 Å². The zero-order valence-corrected chi connectivity index (χ0v) is 13.9. The van der Waals surface area contributed by atoms with Crippen molar-refractivity contribution in [3.8, 4) is 0 Å². The molecule has 1 aliphatic rings. The molecule has 0 aliphatic carbocycles. The monoisotopic (exact) mass is 342 g/mol. The third kappa shape index (κ3) is 2.46. The van der Waals surface area contributed by atoms with Crippen LogP contribution in [-0.2, 0) is 10.0 Å². The molecule has 1 aromatic carbocycles. The van der Waals surface area contributed by atoms with Crippen LogP contribution in [0.2, 0.25) is 0 Å². The standard InChI is InChI=1S/C17H18N4O2S/c22-24(23,14-4-2-1-3-5-14)21-11-7-15-16(21)6-8-19-17(15)20-12-9-18-10-13-20/h1-8,11,18H,9-10,12-13H2. The van der Waals surface area contributed by atoms with E-state index in [-0.39, 0.29) is 4.90 Å². The third-order valence-corrected chi connectivity index (χ3v) is 5.98. The van der Waals surface area contributed by atoms with Crippen molar-refractivity contribution >= 4 is 26.7 Å². The Kier molecular flexibility index (Phi) is 3.74. The Balaban J connectivity index is 1.84. The summed E-state index contributed by atoms with van der Waals surface area (Å²) in [6.45, 7) is 3.54. The second-order valence-electron chi connectivity index (χ2n) is 5.73. The zero-order chi connectivity index (χ0) is 16.6. The van der Waals surface area contributed by atoms with Gasteiger partial charge in [-0.1, -0.05) is 18.2 Å². The summed E-state index contributed by atoms with van der Waals surface area (Å²) in [6.07, 6.45) is 3.29. The lowest BCUT2D eigenvalue weighted by molar-refractivity contribution is 0.586. The number of anilines is 1. The fraction of sp³-hybridized carbons (Fsp3) is 0.235. The van der Waals surface area contributed by atoms with Gasteiger partial charge in [0.1, 0.15) is 5.82 Å². The average molecular weight is 342 g/mol. The molecule has 0 atom stereocenters. The van der Waals surface area contributed by atoms with Crippen molar-refractivity contribution in [1.29, 1.82) is 0 Å². The molecule has 4 rings (SSSR count). The number of hydrogen-bond acceptors (Lipinski definition) is 5. The lowest BCUT2D eigenvalue weighted by atomic mass is 10.2. The summed E-state index contributed by atoms with van der Waals surface area (Å²) in [7, 11) is -3.61. The fourth-order valence-electron chi connectivity index (χ4n) is 3.07. The first kappa shape index (κ1) is 15.2. The van der Waals surface area contributed by atoms with Gasteiger partial charge in [0.2, 0.25) is 0 Å². The summed E-state index contributed by atoms with van der Waals surface area (Å²) in [5.41, 5.74) is 0.655. The highest BCUT2D eigenvalue weighted by Gasteiger charge is 2.21. The van der Waals surface area contributed by atoms with Crippen LogP contribution in [0.25, 0.3) is 10.9 Å². The highest BCUT2D eigenvalue weighted by Crippen LogP contribution is 2.28. The normalized spacial score (nSPS) is 15.8. The Morgan fingerprint density at radius 2 is 1.75 bits per heavy atom. The molecule has 0 unspecified atom stereocenters. The van der Waals surface area contributed by atoms with Crippen molar-refractivity contribution in [2.24, 2.45) is 0 Å². The van der Waals surface area contributed by atoms with E-state index in [9.17, 15) is 8.42 Å². The molecule has 0 spiro atoms. The van der Waals surface area contributed by atoms with Crippen molar-refractivity contribution in [3.63, 3.8) is 0 Å². The molecule has 6 nitrogen and oxygen atoms in total. The minimum Gasteiger partial charge on any atom is -0.354 e. The van der Waals surface area contributed by atoms with Gasteiger partial charge in [-0.2, -0.15) is 0 Å². The van der Waals surface area contributed by atoms with Gasteiger partial charge in [-0.05, 0) is 24.3 Å². The average Bonchev–Trinajstić information content (AvgIpc) is 3.08. The largest absolute Gasteiger partial charge is 0.354 e. The number of fused-ring (bicyclic) bond motifs is 1. The van der Waals surface area contributed by atoms with Crippen LogP contribution in [0.5, 0.6) is 0 Å². The first-order chi connectivity index (χ1) is 11.7. The van der Waals surface area contributed by atoms with Crippen LogP contribution in [0.15, 0.2) is 59.8 Å². The van der Waals surface area contributed by atoms with Crippen LogP contribution >= 0.6 is 0 Å². The minimum atomic E-state index is -3.61. The lowest BCUT2D eigenvalue weighted by Crippen LogP contribution is -2.43. The molecule has 0 saturated carbocycles. The Morgan fingerprint density at radius 1 is 1.00 bits per heavy atom. The molecule has 24 heavy (non-hydrogen) atoms. The van der Waals surface area contributed by atoms with E-state index in [1.165, 1.54) is 3.97 Å². The van der Waals surface area contributed by atoms with Gasteiger partial charge in [-0.25, -0.2) is 17.4 Å². The number of nitrogens with one attached hydrogen (secondary N) is 1. The molecule has 0 bridgehead atoms. The van der Waals surface area contributed by atoms with Gasteiger partial charge in [-0.15, -0.1) is 0 Å². The van der Waals surface area contributed by atoms with Crippen molar-refractivity contribution in [3.05, 3.63) is 54.9 Å². The van der Waals surface area contributed by atoms with E-state index < -0.39 is 10.0 Å². The van der Waals surface area contributed by atoms with Crippen LogP contribution in [0.4, 0.5) is 5.82 Å². The van der Waals surface area contributed by atoms with E-state index in [0.29, 0.717) is 5.52 Å². The summed E-state index contributed by atoms with van der Waals surface area (Å²) in [4.78, 5) is 6.96. The number of piperazine rings is 1. The number of benzene rings is 1. The van der Waals surface area contributed by atoms with Crippen LogP contribution in [0, 0.1) is 0 Å². The summed E-state index contributed by atoms with van der Waals surface area (Å²) in [5, 5.41) is 4.17. The molecule has 1 aliphatic heterocycles. The molecule has 7 heteroatoms. The Bertz CT molecular complexity index is 961. The Morgan fingerprint density at radius 3 is 2.50 bits per heavy atom. The van der Waals surface area contributed by atoms with Gasteiger partial charge in [-0.3, -0.25) is 0 Å². The number of hydrogen-bond donors (Lipinski definition) is 1. The van der Waals surface area contributed by atoms with Gasteiger partial charge in [0.05, 0.1) is 10.4 Å². The number of pyridine rings is 1. The zero-order valence-electron chi connectivity index (χ0n) is 13.1. The highest BCUT2D eigenvalue weighted by molar-refractivity contribution is 7.90. The predicted molar refractivity (Wildman–Crippen MR) is 93.8 cm³/mol. The SMILES string of the molecule is O=S(=O)(c1ccccc1)n1ccc2c(N3CCNCC3)nccc21. The molecule has 1 fully saturated rings. The van der Waals surface area contributed by atoms with Gasteiger partial charge in [0.15, 0.2) is 0 Å². The lowest BCUT2D eigenvalue weighted by Gasteiger charge is -2.28. The van der Waals surface area contributed by atoms with Crippen LogP contribution in [-0.4, -0.2) is 43.6 Å². The maximum Gasteiger partial charge on any atom is 0.268 e. The number of aromatic nitrogens is 2. The first-order valence-electron chi connectivity index (χ1n) is 7.90. The molecule has 2 aromatic heterocycles. The van der Waals surface area contributed by atoms with Gasteiger partial charge in [0, 0.05) is 44.0 Å². The fourth-order valence-corrected chi connectivity index (χ4v) is 4.44. The smallest absolute Gasteiger partial charge is 0.268 e. The van der Waals surface area contributed by atoms with Crippen molar-refractivity contribution in [1.82, 2.24) is 14.3 Å². The van der Waals surface area contributed by atoms with Crippen molar-refractivity contribution in [2.75, 3.05) is 31.1 Å². The van der Waals surface area contributed by atoms with Crippen LogP contribution in [0.1, 0.15) is 0 Å². The summed E-state index contributed by atoms with van der Waals surface area (Å²) < 4.78 is 27.2. The highest BCUT2D eigenvalue weighted by atomic mass is 32.2. The maximum atomic E-state index is 12.9. The summed E-state index contributed by atoms with van der Waals surface area (Å²) in [6, 6.07) is 12.1. The first-order valence-corrected chi connectivity index (χ1v) is 9.34. The molecule has 1 N–H and O–H groups in total. The Hall–Kier alpha value is -2.38. The predicted octanol–water partition coefficient (Wildman–Crippen LogP) is 1.68. The Labute approximate surface area is 140 Å². The molecule has 3 aromatic rings. The van der Waals surface area contributed by atoms with E-state index in [1.807, 2.05) is 6.07 Å². The van der Waals surface area contributed by atoms with Gasteiger partial charge < -0.3 is 10.2 Å². The number of nitrogens with zero attached hydrogens (tertiary/aromatic N) is 3. The third-order valence-electron chi connectivity index (χ3n) is 4.28. The quantitative estimate of drug-likeness (QED) is 0.784. The van der Waals surface area contributed by atoms with Crippen LogP contribution in [0.3, 0.4) is 0 Å². The summed E-state index contributed by atoms with van der Waals surface area (Å²) in [5.74, 6) is 0.844. The molecule has 124 valence electrons. The molecule has 0 amide bonds. The van der Waals surface area contributed by atoms with Crippen molar-refractivity contribution in [2.45, 2.75) is 4.90 Å². The molecule has 0 radical (unpaired) electrons. The topological polar surface area (TPSA) is 67.2 Å². The second-order valence-corrected chi connectivity index (χ2v) is 7.55. The van der Waals surface area contributed by atoms with E-state index >= 15 is 0 Å². The molecular weight excluding hydrogens is 324 g/mol. The molecule has 3 heterocycles. The van der Waals surface area contributed by atoms with Crippen molar-refractivity contribution < 1.29 is 8.42 Å². The van der Waals surface area contributed by atoms with E-state index in [0.717, 1.165) is 37.4 Å². The minimum absolute atomic E-state index is 0.281.